The lowest BCUT2D eigenvalue weighted by Crippen LogP contribution is -2.41. The van der Waals surface area contributed by atoms with Crippen LogP contribution in [0.5, 0.6) is 0 Å². The van der Waals surface area contributed by atoms with Gasteiger partial charge in [0.15, 0.2) is 0 Å². The second-order valence-corrected chi connectivity index (χ2v) is 3.97. The van der Waals surface area contributed by atoms with E-state index in [0.29, 0.717) is 19.4 Å². The van der Waals surface area contributed by atoms with Gasteiger partial charge in [0.25, 0.3) is 0 Å². The predicted octanol–water partition coefficient (Wildman–Crippen LogP) is -0.0170. The highest BCUT2D eigenvalue weighted by molar-refractivity contribution is 6.35. The van der Waals surface area contributed by atoms with Crippen LogP contribution in [0.1, 0.15) is 12.0 Å². The third-order valence-corrected chi connectivity index (χ3v) is 2.44. The van der Waals surface area contributed by atoms with Crippen molar-refractivity contribution in [1.82, 2.24) is 10.6 Å². The number of hydrogen-bond donors (Lipinski definition) is 3. The number of nitrogens with one attached hydrogen (secondary N) is 2. The Morgan fingerprint density at radius 1 is 1.05 bits per heavy atom. The van der Waals surface area contributed by atoms with E-state index >= 15 is 0 Å². The SMILES string of the molecule is O=C(NCCCO)C(=O)NCCc1ccc(F)cc1. The van der Waals surface area contributed by atoms with Gasteiger partial charge in [-0.25, -0.2) is 4.39 Å². The molecule has 0 unspecified atom stereocenters. The molecule has 0 aliphatic carbocycles. The van der Waals surface area contributed by atoms with E-state index in [1.165, 1.54) is 12.1 Å². The minimum absolute atomic E-state index is 0.0353. The van der Waals surface area contributed by atoms with Gasteiger partial charge in [0.2, 0.25) is 0 Å². The lowest BCUT2D eigenvalue weighted by molar-refractivity contribution is -0.139. The molecule has 0 bridgehead atoms. The molecule has 0 saturated heterocycles. The second-order valence-electron chi connectivity index (χ2n) is 3.97. The van der Waals surface area contributed by atoms with Gasteiger partial charge in [-0.3, -0.25) is 9.59 Å². The van der Waals surface area contributed by atoms with E-state index in [1.54, 1.807) is 12.1 Å². The maximum Gasteiger partial charge on any atom is 0.309 e. The summed E-state index contributed by atoms with van der Waals surface area (Å²) in [5, 5.41) is 13.4. The van der Waals surface area contributed by atoms with Crippen molar-refractivity contribution in [3.8, 4) is 0 Å². The lowest BCUT2D eigenvalue weighted by Gasteiger charge is -2.06. The number of carbonyl (C=O) groups is 2. The molecule has 1 rings (SSSR count). The van der Waals surface area contributed by atoms with Crippen LogP contribution in [-0.4, -0.2) is 36.6 Å². The molecular formula is C13H17FN2O3. The van der Waals surface area contributed by atoms with E-state index in [9.17, 15) is 14.0 Å². The Balaban J connectivity index is 2.23. The van der Waals surface area contributed by atoms with Crippen molar-refractivity contribution in [2.75, 3.05) is 19.7 Å². The first kappa shape index (κ1) is 15.1. The molecule has 2 amide bonds. The molecule has 6 heteroatoms. The van der Waals surface area contributed by atoms with Crippen LogP contribution >= 0.6 is 0 Å². The average Bonchev–Trinajstić information content (AvgIpc) is 2.41. The van der Waals surface area contributed by atoms with Crippen LogP contribution < -0.4 is 10.6 Å². The van der Waals surface area contributed by atoms with Crippen molar-refractivity contribution in [1.29, 1.82) is 0 Å². The number of rotatable bonds is 6. The third kappa shape index (κ3) is 5.96. The molecule has 0 heterocycles. The van der Waals surface area contributed by atoms with Crippen molar-refractivity contribution in [3.05, 3.63) is 35.6 Å². The zero-order valence-corrected chi connectivity index (χ0v) is 10.5. The summed E-state index contributed by atoms with van der Waals surface area (Å²) >= 11 is 0. The number of aliphatic hydroxyl groups is 1. The Morgan fingerprint density at radius 3 is 2.21 bits per heavy atom. The summed E-state index contributed by atoms with van der Waals surface area (Å²) in [6.07, 6.45) is 0.935. The van der Waals surface area contributed by atoms with E-state index < -0.39 is 11.8 Å². The fraction of sp³-hybridized carbons (Fsp3) is 0.385. The molecule has 0 aliphatic heterocycles. The Bertz CT molecular complexity index is 420. The average molecular weight is 268 g/mol. The van der Waals surface area contributed by atoms with Gasteiger partial charge in [-0.15, -0.1) is 0 Å². The molecule has 0 fully saturated rings. The molecule has 3 N–H and O–H groups in total. The quantitative estimate of drug-likeness (QED) is 0.501. The Labute approximate surface area is 110 Å². The topological polar surface area (TPSA) is 78.4 Å². The van der Waals surface area contributed by atoms with Gasteiger partial charge in [0.1, 0.15) is 5.82 Å². The molecule has 104 valence electrons. The molecule has 5 nitrogen and oxygen atoms in total. The Morgan fingerprint density at radius 2 is 1.63 bits per heavy atom. The molecule has 0 spiro atoms. The normalized spacial score (nSPS) is 10.0. The zero-order chi connectivity index (χ0) is 14.1. The van der Waals surface area contributed by atoms with Crippen molar-refractivity contribution < 1.29 is 19.1 Å². The summed E-state index contributed by atoms with van der Waals surface area (Å²) in [6, 6.07) is 5.95. The zero-order valence-electron chi connectivity index (χ0n) is 10.5. The number of benzene rings is 1. The Kier molecular flexibility index (Phi) is 6.52. The minimum atomic E-state index is -0.715. The second kappa shape index (κ2) is 8.20. The largest absolute Gasteiger partial charge is 0.396 e. The number of aliphatic hydroxyl groups excluding tert-OH is 1. The van der Waals surface area contributed by atoms with Crippen LogP contribution in [0, 0.1) is 5.82 Å². The lowest BCUT2D eigenvalue weighted by atomic mass is 10.1. The predicted molar refractivity (Wildman–Crippen MR) is 67.8 cm³/mol. The van der Waals surface area contributed by atoms with Gasteiger partial charge in [0, 0.05) is 19.7 Å². The maximum absolute atomic E-state index is 12.7. The van der Waals surface area contributed by atoms with Crippen LogP contribution in [0.15, 0.2) is 24.3 Å². The summed E-state index contributed by atoms with van der Waals surface area (Å²) in [4.78, 5) is 22.6. The van der Waals surface area contributed by atoms with Crippen molar-refractivity contribution in [3.63, 3.8) is 0 Å². The minimum Gasteiger partial charge on any atom is -0.396 e. The summed E-state index contributed by atoms with van der Waals surface area (Å²) < 4.78 is 12.7. The van der Waals surface area contributed by atoms with E-state index in [2.05, 4.69) is 10.6 Å². The summed E-state index contributed by atoms with van der Waals surface area (Å²) in [6.45, 7) is 0.533. The molecule has 0 atom stereocenters. The van der Waals surface area contributed by atoms with Gasteiger partial charge in [-0.2, -0.15) is 0 Å². The van der Waals surface area contributed by atoms with E-state index in [1.807, 2.05) is 0 Å². The number of halogens is 1. The van der Waals surface area contributed by atoms with E-state index in [-0.39, 0.29) is 19.0 Å². The first-order valence-electron chi connectivity index (χ1n) is 6.05. The van der Waals surface area contributed by atoms with E-state index in [0.717, 1.165) is 5.56 Å². The molecular weight excluding hydrogens is 251 g/mol. The summed E-state index contributed by atoms with van der Waals surface area (Å²) in [5.74, 6) is -1.73. The molecule has 1 aromatic carbocycles. The first-order valence-corrected chi connectivity index (χ1v) is 6.05. The molecule has 0 aromatic heterocycles. The van der Waals surface area contributed by atoms with Crippen LogP contribution in [0.25, 0.3) is 0 Å². The van der Waals surface area contributed by atoms with Gasteiger partial charge >= 0.3 is 11.8 Å². The van der Waals surface area contributed by atoms with Crippen molar-refractivity contribution in [2.45, 2.75) is 12.8 Å². The number of hydrogen-bond acceptors (Lipinski definition) is 3. The third-order valence-electron chi connectivity index (χ3n) is 2.44. The fourth-order valence-electron chi connectivity index (χ4n) is 1.41. The van der Waals surface area contributed by atoms with Gasteiger partial charge < -0.3 is 15.7 Å². The molecule has 19 heavy (non-hydrogen) atoms. The number of amides is 2. The molecule has 0 aliphatic rings. The van der Waals surface area contributed by atoms with Gasteiger partial charge in [-0.05, 0) is 30.5 Å². The highest BCUT2D eigenvalue weighted by Gasteiger charge is 2.11. The fourth-order valence-corrected chi connectivity index (χ4v) is 1.41. The van der Waals surface area contributed by atoms with Crippen LogP contribution in [0.4, 0.5) is 4.39 Å². The van der Waals surface area contributed by atoms with Gasteiger partial charge in [0.05, 0.1) is 0 Å². The number of carbonyl (C=O) groups excluding carboxylic acids is 2. The molecule has 0 saturated carbocycles. The maximum atomic E-state index is 12.7. The molecule has 0 radical (unpaired) electrons. The van der Waals surface area contributed by atoms with Crippen molar-refractivity contribution in [2.24, 2.45) is 0 Å². The van der Waals surface area contributed by atoms with Gasteiger partial charge in [-0.1, -0.05) is 12.1 Å². The van der Waals surface area contributed by atoms with Crippen molar-refractivity contribution >= 4 is 11.8 Å². The van der Waals surface area contributed by atoms with Crippen LogP contribution in [-0.2, 0) is 16.0 Å². The highest BCUT2D eigenvalue weighted by atomic mass is 19.1. The van der Waals surface area contributed by atoms with Crippen LogP contribution in [0.2, 0.25) is 0 Å². The Hall–Kier alpha value is -1.95. The highest BCUT2D eigenvalue weighted by Crippen LogP contribution is 2.02. The van der Waals surface area contributed by atoms with Crippen LogP contribution in [0.3, 0.4) is 0 Å². The monoisotopic (exact) mass is 268 g/mol. The standard InChI is InChI=1S/C13H17FN2O3/c14-11-4-2-10(3-5-11)6-8-16-13(19)12(18)15-7-1-9-17/h2-5,17H,1,6-9H2,(H,15,18)(H,16,19). The first-order chi connectivity index (χ1) is 9.13. The summed E-state index contributed by atoms with van der Waals surface area (Å²) in [5.41, 5.74) is 0.877. The van der Waals surface area contributed by atoms with E-state index in [4.69, 9.17) is 5.11 Å². The molecule has 1 aromatic rings. The smallest absolute Gasteiger partial charge is 0.309 e. The summed E-state index contributed by atoms with van der Waals surface area (Å²) in [7, 11) is 0.